The number of nitrogens with two attached hydrogens (primary N) is 4. The molecule has 1 saturated heterocycles. The molecule has 40 nitrogen and oxygen atoms in total. The molecule has 127 heavy (non-hydrogen) atoms. The summed E-state index contributed by atoms with van der Waals surface area (Å²) in [4.78, 5) is 250. The molecule has 0 unspecified atom stereocenters. The molecule has 1 aliphatic rings. The zero-order valence-corrected chi connectivity index (χ0v) is 75.6. The van der Waals surface area contributed by atoms with E-state index in [1.807, 2.05) is 13.8 Å². The van der Waals surface area contributed by atoms with Gasteiger partial charge < -0.3 is 117 Å². The topological polar surface area (TPSA) is 652 Å². The number of carbonyl (C=O) groups excluding carboxylic acids is 14. The zero-order chi connectivity index (χ0) is 94.8. The third-order valence-electron chi connectivity index (χ3n) is 21.2. The molecular formula is C85H136N18O22S2. The molecule has 42 heteroatoms. The lowest BCUT2D eigenvalue weighted by Crippen LogP contribution is -2.61. The van der Waals surface area contributed by atoms with E-state index in [2.05, 4.69) is 69.1 Å². The summed E-state index contributed by atoms with van der Waals surface area (Å²) in [6.45, 7) is 10.2. The quantitative estimate of drug-likeness (QED) is 0.0355. The molecule has 0 aliphatic carbocycles. The molecule has 0 spiro atoms. The number of rotatable bonds is 64. The van der Waals surface area contributed by atoms with Gasteiger partial charge in [0.15, 0.2) is 0 Å². The van der Waals surface area contributed by atoms with Crippen LogP contribution in [0.2, 0.25) is 0 Å². The molecule has 25 N–H and O–H groups in total. The van der Waals surface area contributed by atoms with Crippen molar-refractivity contribution in [3.63, 3.8) is 0 Å². The highest BCUT2D eigenvalue weighted by molar-refractivity contribution is 7.98. The van der Waals surface area contributed by atoms with Crippen LogP contribution < -0.4 is 92.1 Å². The van der Waals surface area contributed by atoms with Crippen LogP contribution in [0.3, 0.4) is 0 Å². The zero-order valence-electron chi connectivity index (χ0n) is 74.0. The van der Waals surface area contributed by atoms with Gasteiger partial charge in [-0.2, -0.15) is 23.5 Å². The molecule has 2 aromatic rings. The van der Waals surface area contributed by atoms with Crippen molar-refractivity contribution >= 4 is 130 Å². The number of hydrogen-bond donors (Lipinski definition) is 21. The van der Waals surface area contributed by atoms with Crippen LogP contribution in [0.15, 0.2) is 60.7 Å². The third-order valence-corrected chi connectivity index (χ3v) is 22.5. The first kappa shape index (κ1) is 111. The van der Waals surface area contributed by atoms with E-state index < -0.39 is 248 Å². The summed E-state index contributed by atoms with van der Waals surface area (Å²) in [5, 5.41) is 73.2. The number of nitrogens with one attached hydrogen (secondary N) is 13. The Hall–Kier alpha value is -10.6. The van der Waals surface area contributed by atoms with Gasteiger partial charge in [0.2, 0.25) is 82.7 Å². The molecule has 15 atom stereocenters. The number of aliphatic carboxylic acids is 4. The summed E-state index contributed by atoms with van der Waals surface area (Å²) in [5.74, 6) is -18.9. The van der Waals surface area contributed by atoms with Gasteiger partial charge in [-0.3, -0.25) is 81.5 Å². The van der Waals surface area contributed by atoms with Crippen molar-refractivity contribution in [2.24, 2.45) is 40.7 Å². The van der Waals surface area contributed by atoms with Crippen LogP contribution in [-0.2, 0) is 99.1 Å². The SMILES string of the molecule is CC[C@H](C)[C@H](NC(=O)[C@H](CCC(=O)O)NC(=O)[C@H](CCCCN)NC(=O)[C@@H](N)CC(C)C)C(=O)N[C@@H](Cc1ccccc1)C(=O)N[C@@H](CCC(=O)O)C(=O)NCC(=O)N[C@@H](CCSC)C(=O)N[C@@H](CCCCN)C(=O)N[C@@H](CCSC)C(=O)N[C@@H](CCC(=O)O)C(=O)N[C@@H](Cc1ccccc1)C(=O)N[C@H](C(=O)N[C@@H](CCCCN)C(=O)N1CCC[C@H]1C(=O)O)C(C)C. The van der Waals surface area contributed by atoms with Crippen LogP contribution in [-0.4, -0.2) is 273 Å². The Bertz CT molecular complexity index is 3910. The molecule has 14 amide bonds. The van der Waals surface area contributed by atoms with Crippen LogP contribution in [0.1, 0.15) is 188 Å². The highest BCUT2D eigenvalue weighted by Crippen LogP contribution is 2.22. The molecule has 1 aliphatic heterocycles. The summed E-state index contributed by atoms with van der Waals surface area (Å²) in [6, 6.07) is -3.24. The summed E-state index contributed by atoms with van der Waals surface area (Å²) in [5.41, 5.74) is 24.5. The van der Waals surface area contributed by atoms with Gasteiger partial charge in [-0.15, -0.1) is 0 Å². The highest BCUT2D eigenvalue weighted by Gasteiger charge is 2.42. The maximum atomic E-state index is 14.7. The number of nitrogens with zero attached hydrogens (tertiary/aromatic N) is 1. The van der Waals surface area contributed by atoms with E-state index in [0.717, 1.165) is 0 Å². The minimum Gasteiger partial charge on any atom is -0.481 e. The first-order valence-corrected chi connectivity index (χ1v) is 46.1. The average Bonchev–Trinajstić information content (AvgIpc) is 1.82. The van der Waals surface area contributed by atoms with E-state index in [4.69, 9.17) is 22.9 Å². The predicted molar refractivity (Wildman–Crippen MR) is 476 cm³/mol. The summed E-state index contributed by atoms with van der Waals surface area (Å²) >= 11 is 2.56. The predicted octanol–water partition coefficient (Wildman–Crippen LogP) is -0.956. The number of carboxylic acid groups (broad SMARTS) is 4. The fourth-order valence-corrected chi connectivity index (χ4v) is 14.8. The Morgan fingerprint density at radius 3 is 1.14 bits per heavy atom. The average molecular weight is 1830 g/mol. The van der Waals surface area contributed by atoms with Gasteiger partial charge in [-0.25, -0.2) is 4.79 Å². The molecule has 710 valence electrons. The third kappa shape index (κ3) is 41.8. The molecule has 1 fully saturated rings. The number of hydrogen-bond acceptors (Lipinski definition) is 24. The number of amides is 14. The largest absolute Gasteiger partial charge is 0.481 e. The fraction of sp³-hybridized carbons (Fsp3) is 0.647. The highest BCUT2D eigenvalue weighted by atomic mass is 32.2. The number of thioether (sulfide) groups is 2. The first-order valence-electron chi connectivity index (χ1n) is 43.3. The van der Waals surface area contributed by atoms with E-state index >= 15 is 0 Å². The molecule has 3 rings (SSSR count). The van der Waals surface area contributed by atoms with Crippen molar-refractivity contribution in [2.75, 3.05) is 56.7 Å². The Morgan fingerprint density at radius 2 is 0.748 bits per heavy atom. The molecule has 2 aromatic carbocycles. The van der Waals surface area contributed by atoms with Gasteiger partial charge in [0.25, 0.3) is 0 Å². The number of unbranched alkanes of at least 4 members (excludes halogenated alkanes) is 3. The fourth-order valence-electron chi connectivity index (χ4n) is 13.8. The molecule has 1 heterocycles. The van der Waals surface area contributed by atoms with Crippen molar-refractivity contribution in [1.29, 1.82) is 0 Å². The van der Waals surface area contributed by atoms with Crippen LogP contribution in [0.25, 0.3) is 0 Å². The van der Waals surface area contributed by atoms with Gasteiger partial charge >= 0.3 is 23.9 Å². The van der Waals surface area contributed by atoms with Crippen molar-refractivity contribution < 1.29 is 107 Å². The van der Waals surface area contributed by atoms with Crippen molar-refractivity contribution in [3.05, 3.63) is 71.8 Å². The number of carbonyl (C=O) groups is 18. The van der Waals surface area contributed by atoms with E-state index in [-0.39, 0.29) is 114 Å². The standard InChI is InChI=1S/C85H136N18O22S2/c1-9-51(6)71(102-79(118)59(33-36-69(109)110)96-74(113)55(27-16-19-39-86)92-72(111)54(89)45-49(2)3)83(122)100-63(46-52-23-12-10-13-24-52)80(119)94-57(31-34-67(105)106)73(112)90-48-66(104)91-60(37-43-126-7)77(116)93-56(28-17-20-40-87)75(114)97-61(38-44-127-8)78(117)95-58(32-35-68(107)108)76(115)99-64(47-53-25-14-11-15-26-53)81(120)101-70(50(4)5)82(121)98-62(29-18-21-41-88)84(123)103-42-22-30-65(103)85(124)125/h10-15,23-26,49-51,54-65,70-71H,9,16-22,27-48,86-89H2,1-8H3,(H,90,112)(H,91,104)(H,92,111)(H,93,116)(H,94,119)(H,95,117)(H,96,113)(H,97,114)(H,98,121)(H,99,115)(H,100,122)(H,101,120)(H,102,118)(H,105,106)(H,107,108)(H,109,110)(H,124,125)/t51-,54-,55-,56-,57-,58-,59-,60-,61-,62-,63-,64-,65-,70-,71-/m0/s1. The van der Waals surface area contributed by atoms with Gasteiger partial charge in [-0.1, -0.05) is 109 Å². The van der Waals surface area contributed by atoms with Gasteiger partial charge in [0, 0.05) is 38.6 Å². The van der Waals surface area contributed by atoms with Crippen molar-refractivity contribution in [1.82, 2.24) is 74.0 Å². The van der Waals surface area contributed by atoms with Crippen LogP contribution in [0.5, 0.6) is 0 Å². The number of benzene rings is 2. The van der Waals surface area contributed by atoms with Gasteiger partial charge in [-0.05, 0) is 182 Å². The normalized spacial score (nSPS) is 15.7. The molecule has 0 aromatic heterocycles. The summed E-state index contributed by atoms with van der Waals surface area (Å²) in [7, 11) is 0. The van der Waals surface area contributed by atoms with Crippen molar-refractivity contribution in [2.45, 2.75) is 274 Å². The Kier molecular flexibility index (Phi) is 52.5. The van der Waals surface area contributed by atoms with E-state index in [9.17, 15) is 107 Å². The Labute approximate surface area is 750 Å². The Balaban J connectivity index is 1.94. The first-order chi connectivity index (χ1) is 60.3. The summed E-state index contributed by atoms with van der Waals surface area (Å²) in [6.07, 6.45) is 2.67. The smallest absolute Gasteiger partial charge is 0.326 e. The van der Waals surface area contributed by atoms with Crippen LogP contribution in [0, 0.1) is 17.8 Å². The van der Waals surface area contributed by atoms with Crippen LogP contribution >= 0.6 is 23.5 Å². The van der Waals surface area contributed by atoms with Crippen LogP contribution in [0.4, 0.5) is 0 Å². The van der Waals surface area contributed by atoms with E-state index in [1.54, 1.807) is 101 Å². The summed E-state index contributed by atoms with van der Waals surface area (Å²) < 4.78 is 0. The second kappa shape index (κ2) is 60.2. The second-order valence-electron chi connectivity index (χ2n) is 32.3. The molecule has 0 saturated carbocycles. The lowest BCUT2D eigenvalue weighted by molar-refractivity contribution is -0.149. The van der Waals surface area contributed by atoms with E-state index in [1.165, 1.54) is 28.4 Å². The second-order valence-corrected chi connectivity index (χ2v) is 34.3. The lowest BCUT2D eigenvalue weighted by atomic mass is 9.96. The molecule has 0 radical (unpaired) electrons. The lowest BCUT2D eigenvalue weighted by Gasteiger charge is -2.30. The monoisotopic (exact) mass is 1820 g/mol. The molecule has 0 bridgehead atoms. The van der Waals surface area contributed by atoms with Gasteiger partial charge in [0.05, 0.1) is 12.6 Å². The number of carboxylic acids is 4. The van der Waals surface area contributed by atoms with Crippen molar-refractivity contribution in [3.8, 4) is 0 Å². The van der Waals surface area contributed by atoms with Gasteiger partial charge in [0.1, 0.15) is 78.5 Å². The maximum absolute atomic E-state index is 14.7. The number of likely N-dealkylation sites (tertiary alicyclic amines) is 1. The van der Waals surface area contributed by atoms with E-state index in [0.29, 0.717) is 49.7 Å². The maximum Gasteiger partial charge on any atom is 0.326 e. The minimum absolute atomic E-state index is 0.0211. The minimum atomic E-state index is -1.72. The molecular weight excluding hydrogens is 1690 g/mol. The Morgan fingerprint density at radius 1 is 0.409 bits per heavy atom.